The van der Waals surface area contributed by atoms with Crippen molar-refractivity contribution in [3.8, 4) is 0 Å². The monoisotopic (exact) mass is 160 g/mol. The van der Waals surface area contributed by atoms with E-state index in [1.807, 2.05) is 30.3 Å². The zero-order chi connectivity index (χ0) is 7.23. The smallest absolute Gasteiger partial charge is 0.543 e. The molecular formula is C8H9LiOS. The van der Waals surface area contributed by atoms with Crippen molar-refractivity contribution in [2.45, 2.75) is 4.90 Å². The molecule has 1 aromatic carbocycles. The molecule has 0 saturated carbocycles. The van der Waals surface area contributed by atoms with Crippen molar-refractivity contribution in [1.82, 2.24) is 0 Å². The second-order valence-electron chi connectivity index (χ2n) is 1.76. The average molecular weight is 160 g/mol. The first kappa shape index (κ1) is 11.1. The van der Waals surface area contributed by atoms with Crippen molar-refractivity contribution < 1.29 is 23.6 Å². The van der Waals surface area contributed by atoms with Gasteiger partial charge in [-0.25, -0.2) is 0 Å². The topological polar surface area (TPSA) is 9.23 Å². The van der Waals surface area contributed by atoms with E-state index in [1.54, 1.807) is 24.8 Å². The second kappa shape index (κ2) is 6.81. The van der Waals surface area contributed by atoms with E-state index in [0.717, 1.165) is 0 Å². The van der Waals surface area contributed by atoms with Gasteiger partial charge in [0.05, 0.1) is 0 Å². The fourth-order valence-electron chi connectivity index (χ4n) is 0.603. The molecule has 1 aromatic rings. The molecule has 0 saturated heterocycles. The van der Waals surface area contributed by atoms with Crippen LogP contribution in [0.1, 0.15) is 0 Å². The Morgan fingerprint density at radius 3 is 2.45 bits per heavy atom. The number of hydrogen-bond donors (Lipinski definition) is 0. The van der Waals surface area contributed by atoms with Crippen LogP contribution in [-0.4, -0.2) is 7.11 Å². The fourth-order valence-corrected chi connectivity index (χ4v) is 1.12. The predicted molar refractivity (Wildman–Crippen MR) is 43.6 cm³/mol. The number of hydrogen-bond acceptors (Lipinski definition) is 2. The fraction of sp³-hybridized carbons (Fsp3) is 0.125. The number of benzene rings is 1. The number of methoxy groups -OCH3 is 1. The summed E-state index contributed by atoms with van der Waals surface area (Å²) >= 11 is 1.57. The Bertz CT molecular complexity index is 179. The molecule has 3 heteroatoms. The van der Waals surface area contributed by atoms with Gasteiger partial charge in [0.1, 0.15) is 0 Å². The first-order valence-corrected chi connectivity index (χ1v) is 3.87. The molecule has 0 atom stereocenters. The molecule has 0 amide bonds. The molecule has 0 spiro atoms. The van der Waals surface area contributed by atoms with E-state index in [1.165, 1.54) is 4.90 Å². The minimum absolute atomic E-state index is 0. The quantitative estimate of drug-likeness (QED) is 0.336. The first-order valence-electron chi connectivity index (χ1n) is 2.99. The Balaban J connectivity index is 0.000001000. The molecule has 1 nitrogen and oxygen atoms in total. The van der Waals surface area contributed by atoms with E-state index < -0.39 is 0 Å². The molecule has 0 aliphatic rings. The molecule has 0 aliphatic carbocycles. The number of rotatable bonds is 3. The second-order valence-corrected chi connectivity index (χ2v) is 2.66. The Kier molecular flexibility index (Phi) is 6.89. The summed E-state index contributed by atoms with van der Waals surface area (Å²) in [6.45, 7) is 0. The van der Waals surface area contributed by atoms with E-state index in [0.29, 0.717) is 0 Å². The summed E-state index contributed by atoms with van der Waals surface area (Å²) in [5, 5.41) is 0. The third-order valence-electron chi connectivity index (χ3n) is 1.02. The summed E-state index contributed by atoms with van der Waals surface area (Å²) in [5.41, 5.74) is 0. The van der Waals surface area contributed by atoms with E-state index in [9.17, 15) is 0 Å². The number of ether oxygens (including phenoxy) is 1. The maximum Gasteiger partial charge on any atom is 1.00 e. The van der Waals surface area contributed by atoms with Gasteiger partial charge in [0.25, 0.3) is 0 Å². The van der Waals surface area contributed by atoms with Gasteiger partial charge >= 0.3 is 18.9 Å². The Morgan fingerprint density at radius 1 is 1.27 bits per heavy atom. The average Bonchev–Trinajstić information content (AvgIpc) is 2.03. The van der Waals surface area contributed by atoms with Crippen molar-refractivity contribution in [1.29, 1.82) is 0 Å². The minimum Gasteiger partial charge on any atom is -0.543 e. The maximum atomic E-state index is 4.78. The molecule has 0 radical (unpaired) electrons. The SMILES string of the molecule is CO[CH-]Sc1ccccc1.[Li+]. The van der Waals surface area contributed by atoms with Gasteiger partial charge in [0.15, 0.2) is 0 Å². The summed E-state index contributed by atoms with van der Waals surface area (Å²) < 4.78 is 4.78. The normalized spacial score (nSPS) is 8.82. The molecule has 0 N–H and O–H groups in total. The largest absolute Gasteiger partial charge is 1.00 e. The van der Waals surface area contributed by atoms with Crippen LogP contribution < -0.4 is 18.9 Å². The predicted octanol–water partition coefficient (Wildman–Crippen LogP) is -0.452. The van der Waals surface area contributed by atoms with Crippen LogP contribution in [0.2, 0.25) is 0 Å². The third-order valence-corrected chi connectivity index (χ3v) is 1.86. The maximum absolute atomic E-state index is 4.78. The van der Waals surface area contributed by atoms with Crippen LogP contribution >= 0.6 is 11.8 Å². The van der Waals surface area contributed by atoms with E-state index in [4.69, 9.17) is 4.74 Å². The van der Waals surface area contributed by atoms with Crippen molar-refractivity contribution in [2.24, 2.45) is 0 Å². The van der Waals surface area contributed by atoms with E-state index in [2.05, 4.69) is 0 Å². The molecule has 1 rings (SSSR count). The molecule has 11 heavy (non-hydrogen) atoms. The van der Waals surface area contributed by atoms with Crippen LogP contribution in [0.4, 0.5) is 0 Å². The van der Waals surface area contributed by atoms with Crippen molar-refractivity contribution in [3.05, 3.63) is 36.3 Å². The van der Waals surface area contributed by atoms with Crippen LogP contribution in [0.5, 0.6) is 0 Å². The molecule has 54 valence electrons. The standard InChI is InChI=1S/C8H9OS.Li/c1-9-7-10-8-5-3-2-4-6-8;/h2-7H,1H3;/q-1;+1. The van der Waals surface area contributed by atoms with Gasteiger partial charge in [-0.2, -0.15) is 5.94 Å². The zero-order valence-electron chi connectivity index (χ0n) is 6.78. The van der Waals surface area contributed by atoms with Crippen molar-refractivity contribution in [2.75, 3.05) is 7.11 Å². The Morgan fingerprint density at radius 2 is 1.91 bits per heavy atom. The molecule has 0 fully saturated rings. The van der Waals surface area contributed by atoms with Gasteiger partial charge < -0.3 is 4.74 Å². The molecule has 0 bridgehead atoms. The summed E-state index contributed by atoms with van der Waals surface area (Å²) in [6.07, 6.45) is 0. The summed E-state index contributed by atoms with van der Waals surface area (Å²) in [5.74, 6) is 1.70. The summed E-state index contributed by atoms with van der Waals surface area (Å²) in [6, 6.07) is 10.1. The van der Waals surface area contributed by atoms with Crippen LogP contribution in [0.15, 0.2) is 35.2 Å². The van der Waals surface area contributed by atoms with Crippen LogP contribution in [-0.2, 0) is 4.74 Å². The third kappa shape index (κ3) is 4.55. The van der Waals surface area contributed by atoms with Gasteiger partial charge in [0.2, 0.25) is 0 Å². The molecule has 0 aromatic heterocycles. The first-order chi connectivity index (χ1) is 4.93. The Labute approximate surface area is 83.7 Å². The molecule has 0 aliphatic heterocycles. The minimum atomic E-state index is 0. The summed E-state index contributed by atoms with van der Waals surface area (Å²) in [7, 11) is 1.65. The zero-order valence-corrected chi connectivity index (χ0v) is 7.60. The molecule has 0 heterocycles. The van der Waals surface area contributed by atoms with Gasteiger partial charge in [-0.05, 0) is 12.0 Å². The van der Waals surface area contributed by atoms with E-state index >= 15 is 0 Å². The molecular weight excluding hydrogens is 151 g/mol. The van der Waals surface area contributed by atoms with E-state index in [-0.39, 0.29) is 18.9 Å². The van der Waals surface area contributed by atoms with Crippen molar-refractivity contribution >= 4 is 11.8 Å². The van der Waals surface area contributed by atoms with Crippen molar-refractivity contribution in [3.63, 3.8) is 0 Å². The van der Waals surface area contributed by atoms with Gasteiger partial charge in [0, 0.05) is 0 Å². The number of thioether (sulfide) groups is 1. The molecule has 0 unspecified atom stereocenters. The Hall–Kier alpha value is 0.127. The van der Waals surface area contributed by atoms with Gasteiger partial charge in [-0.15, -0.1) is 0 Å². The summed E-state index contributed by atoms with van der Waals surface area (Å²) in [4.78, 5) is 1.20. The van der Waals surface area contributed by atoms with Crippen LogP contribution in [0.25, 0.3) is 0 Å². The van der Waals surface area contributed by atoms with Crippen LogP contribution in [0.3, 0.4) is 0 Å². The van der Waals surface area contributed by atoms with Gasteiger partial charge in [-0.3, -0.25) is 11.8 Å². The van der Waals surface area contributed by atoms with Gasteiger partial charge in [-0.1, -0.05) is 30.3 Å². The van der Waals surface area contributed by atoms with Crippen LogP contribution in [0, 0.1) is 5.94 Å².